The van der Waals surface area contributed by atoms with Gasteiger partial charge in [-0.2, -0.15) is 0 Å². The zero-order chi connectivity index (χ0) is 9.68. The van der Waals surface area contributed by atoms with Crippen LogP contribution in [-0.4, -0.2) is 0 Å². The standard InChI is InChI=1S/C12H16S/c1-4-7-10(5-2)12-9-8-11(6-3)13-12/h1,8-10H,5-7H2,2-3H3. The van der Waals surface area contributed by atoms with Crippen molar-refractivity contribution in [2.45, 2.75) is 39.0 Å². The highest BCUT2D eigenvalue weighted by molar-refractivity contribution is 7.12. The number of thiophene rings is 1. The molecule has 13 heavy (non-hydrogen) atoms. The monoisotopic (exact) mass is 192 g/mol. The number of hydrogen-bond donors (Lipinski definition) is 0. The van der Waals surface area contributed by atoms with Gasteiger partial charge in [0.05, 0.1) is 0 Å². The molecule has 1 unspecified atom stereocenters. The Labute approximate surface area is 85.0 Å². The number of terminal acetylenes is 1. The summed E-state index contributed by atoms with van der Waals surface area (Å²) in [6.45, 7) is 4.39. The Morgan fingerprint density at radius 2 is 2.23 bits per heavy atom. The summed E-state index contributed by atoms with van der Waals surface area (Å²) in [5.41, 5.74) is 0. The van der Waals surface area contributed by atoms with Crippen molar-refractivity contribution in [2.75, 3.05) is 0 Å². The smallest absolute Gasteiger partial charge is 0.0163 e. The first-order chi connectivity index (χ1) is 6.31. The van der Waals surface area contributed by atoms with Gasteiger partial charge in [0.15, 0.2) is 0 Å². The van der Waals surface area contributed by atoms with Crippen molar-refractivity contribution in [3.8, 4) is 12.3 Å². The molecule has 0 fully saturated rings. The summed E-state index contributed by atoms with van der Waals surface area (Å²) in [6.07, 6.45) is 8.49. The SMILES string of the molecule is C#CCC(CC)c1ccc(CC)s1. The normalized spacial score (nSPS) is 12.4. The van der Waals surface area contributed by atoms with Gasteiger partial charge < -0.3 is 0 Å². The molecular weight excluding hydrogens is 176 g/mol. The summed E-state index contributed by atoms with van der Waals surface area (Å²) in [4.78, 5) is 2.92. The van der Waals surface area contributed by atoms with Crippen molar-refractivity contribution in [3.05, 3.63) is 21.9 Å². The second-order valence-corrected chi connectivity index (χ2v) is 4.37. The summed E-state index contributed by atoms with van der Waals surface area (Å²) >= 11 is 1.91. The van der Waals surface area contributed by atoms with Crippen LogP contribution in [0.2, 0.25) is 0 Å². The molecule has 0 saturated carbocycles. The van der Waals surface area contributed by atoms with Gasteiger partial charge in [-0.25, -0.2) is 0 Å². The number of aryl methyl sites for hydroxylation is 1. The molecule has 1 atom stereocenters. The maximum Gasteiger partial charge on any atom is 0.0163 e. The van der Waals surface area contributed by atoms with E-state index in [0.29, 0.717) is 5.92 Å². The van der Waals surface area contributed by atoms with E-state index in [4.69, 9.17) is 6.42 Å². The molecule has 1 aromatic heterocycles. The van der Waals surface area contributed by atoms with Crippen LogP contribution < -0.4 is 0 Å². The van der Waals surface area contributed by atoms with Crippen LogP contribution in [0.25, 0.3) is 0 Å². The fourth-order valence-electron chi connectivity index (χ4n) is 1.39. The minimum Gasteiger partial charge on any atom is -0.145 e. The average Bonchev–Trinajstić information content (AvgIpc) is 2.62. The molecule has 70 valence electrons. The van der Waals surface area contributed by atoms with Crippen molar-refractivity contribution >= 4 is 11.3 Å². The second-order valence-electron chi connectivity index (χ2n) is 3.17. The van der Waals surface area contributed by atoms with E-state index in [0.717, 1.165) is 19.3 Å². The van der Waals surface area contributed by atoms with E-state index in [1.54, 1.807) is 0 Å². The predicted molar refractivity (Wildman–Crippen MR) is 60.2 cm³/mol. The first kappa shape index (κ1) is 10.3. The van der Waals surface area contributed by atoms with Gasteiger partial charge in [0.2, 0.25) is 0 Å². The quantitative estimate of drug-likeness (QED) is 0.636. The van der Waals surface area contributed by atoms with Crippen LogP contribution in [0.1, 0.15) is 42.4 Å². The Morgan fingerprint density at radius 3 is 2.69 bits per heavy atom. The topological polar surface area (TPSA) is 0 Å². The third kappa shape index (κ3) is 2.60. The molecular formula is C12H16S. The molecule has 0 aliphatic heterocycles. The fraction of sp³-hybridized carbons (Fsp3) is 0.500. The summed E-state index contributed by atoms with van der Waals surface area (Å²) in [7, 11) is 0. The van der Waals surface area contributed by atoms with E-state index in [2.05, 4.69) is 31.9 Å². The maximum absolute atomic E-state index is 5.34. The molecule has 0 spiro atoms. The molecule has 1 aromatic rings. The summed E-state index contributed by atoms with van der Waals surface area (Å²) in [5.74, 6) is 3.33. The largest absolute Gasteiger partial charge is 0.145 e. The van der Waals surface area contributed by atoms with Gasteiger partial charge in [-0.15, -0.1) is 23.7 Å². The Morgan fingerprint density at radius 1 is 1.46 bits per heavy atom. The van der Waals surface area contributed by atoms with Gasteiger partial charge in [-0.05, 0) is 25.0 Å². The molecule has 0 saturated heterocycles. The molecule has 0 N–H and O–H groups in total. The van der Waals surface area contributed by atoms with Gasteiger partial charge in [0, 0.05) is 22.1 Å². The van der Waals surface area contributed by atoms with Crippen LogP contribution in [0.15, 0.2) is 12.1 Å². The maximum atomic E-state index is 5.34. The first-order valence-corrected chi connectivity index (χ1v) is 5.65. The van der Waals surface area contributed by atoms with E-state index >= 15 is 0 Å². The van der Waals surface area contributed by atoms with Crippen LogP contribution in [0.3, 0.4) is 0 Å². The molecule has 1 heteroatoms. The lowest BCUT2D eigenvalue weighted by Gasteiger charge is -2.07. The van der Waals surface area contributed by atoms with Crippen LogP contribution in [0, 0.1) is 12.3 Å². The summed E-state index contributed by atoms with van der Waals surface area (Å²) < 4.78 is 0. The zero-order valence-electron chi connectivity index (χ0n) is 8.34. The van der Waals surface area contributed by atoms with Gasteiger partial charge in [0.1, 0.15) is 0 Å². The zero-order valence-corrected chi connectivity index (χ0v) is 9.16. The molecule has 0 nitrogen and oxygen atoms in total. The molecule has 0 aliphatic carbocycles. The molecule has 1 rings (SSSR count). The van der Waals surface area contributed by atoms with Crippen molar-refractivity contribution < 1.29 is 0 Å². The predicted octanol–water partition coefficient (Wildman–Crippen LogP) is 3.83. The molecule has 0 bridgehead atoms. The van der Waals surface area contributed by atoms with E-state index < -0.39 is 0 Å². The van der Waals surface area contributed by atoms with E-state index in [-0.39, 0.29) is 0 Å². The number of hydrogen-bond acceptors (Lipinski definition) is 1. The summed E-state index contributed by atoms with van der Waals surface area (Å²) in [6, 6.07) is 4.45. The fourth-order valence-corrected chi connectivity index (χ4v) is 2.53. The number of rotatable bonds is 4. The van der Waals surface area contributed by atoms with Gasteiger partial charge in [-0.1, -0.05) is 13.8 Å². The third-order valence-corrected chi connectivity index (χ3v) is 3.68. The van der Waals surface area contributed by atoms with E-state index in [9.17, 15) is 0 Å². The lowest BCUT2D eigenvalue weighted by Crippen LogP contribution is -1.91. The van der Waals surface area contributed by atoms with Gasteiger partial charge in [0.25, 0.3) is 0 Å². The Bertz CT molecular complexity index is 290. The van der Waals surface area contributed by atoms with Crippen LogP contribution >= 0.6 is 11.3 Å². The third-order valence-electron chi connectivity index (χ3n) is 2.29. The molecule has 0 aromatic carbocycles. The van der Waals surface area contributed by atoms with Crippen molar-refractivity contribution in [1.82, 2.24) is 0 Å². The minimum absolute atomic E-state index is 0.579. The lowest BCUT2D eigenvalue weighted by molar-refractivity contribution is 0.698. The molecule has 1 heterocycles. The first-order valence-electron chi connectivity index (χ1n) is 4.83. The van der Waals surface area contributed by atoms with Gasteiger partial charge in [-0.3, -0.25) is 0 Å². The Balaban J connectivity index is 2.74. The highest BCUT2D eigenvalue weighted by Gasteiger charge is 2.09. The van der Waals surface area contributed by atoms with Crippen molar-refractivity contribution in [2.24, 2.45) is 0 Å². The molecule has 0 radical (unpaired) electrons. The Hall–Kier alpha value is -0.740. The molecule has 0 aliphatic rings. The van der Waals surface area contributed by atoms with Crippen molar-refractivity contribution in [3.63, 3.8) is 0 Å². The van der Waals surface area contributed by atoms with E-state index in [1.165, 1.54) is 9.75 Å². The van der Waals surface area contributed by atoms with Crippen molar-refractivity contribution in [1.29, 1.82) is 0 Å². The highest BCUT2D eigenvalue weighted by Crippen LogP contribution is 2.29. The second kappa shape index (κ2) is 5.09. The minimum atomic E-state index is 0.579. The van der Waals surface area contributed by atoms with Crippen LogP contribution in [0.5, 0.6) is 0 Å². The average molecular weight is 192 g/mol. The van der Waals surface area contributed by atoms with E-state index in [1.807, 2.05) is 11.3 Å². The molecule has 0 amide bonds. The van der Waals surface area contributed by atoms with Gasteiger partial charge >= 0.3 is 0 Å². The highest BCUT2D eigenvalue weighted by atomic mass is 32.1. The summed E-state index contributed by atoms with van der Waals surface area (Å²) in [5, 5.41) is 0. The lowest BCUT2D eigenvalue weighted by atomic mass is 10.0. The Kier molecular flexibility index (Phi) is 4.05. The van der Waals surface area contributed by atoms with Crippen LogP contribution in [-0.2, 0) is 6.42 Å². The van der Waals surface area contributed by atoms with Crippen LogP contribution in [0.4, 0.5) is 0 Å².